The summed E-state index contributed by atoms with van der Waals surface area (Å²) in [5, 5.41) is 0. The minimum atomic E-state index is -0.593. The van der Waals surface area contributed by atoms with Crippen molar-refractivity contribution in [2.45, 2.75) is 25.3 Å². The molecule has 0 aromatic heterocycles. The van der Waals surface area contributed by atoms with Crippen LogP contribution in [0, 0.1) is 0 Å². The molecule has 0 aliphatic rings. The Morgan fingerprint density at radius 2 is 1.94 bits per heavy atom. The van der Waals surface area contributed by atoms with Gasteiger partial charge in [0, 0.05) is 13.2 Å². The van der Waals surface area contributed by atoms with Gasteiger partial charge in [0.05, 0.1) is 6.04 Å². The van der Waals surface area contributed by atoms with Gasteiger partial charge in [-0.1, -0.05) is 30.3 Å². The maximum Gasteiger partial charge on any atom is 0.234 e. The van der Waals surface area contributed by atoms with Crippen molar-refractivity contribution >= 4 is 5.91 Å². The Labute approximate surface area is 102 Å². The Morgan fingerprint density at radius 3 is 2.59 bits per heavy atom. The molecule has 0 saturated heterocycles. The Balaban J connectivity index is 2.00. The zero-order chi connectivity index (χ0) is 12.5. The molecule has 4 nitrogen and oxygen atoms in total. The lowest BCUT2D eigenvalue weighted by Crippen LogP contribution is -2.37. The summed E-state index contributed by atoms with van der Waals surface area (Å²) in [5.41, 5.74) is 11.8. The lowest BCUT2D eigenvalue weighted by molar-refractivity contribution is -0.119. The smallest absolute Gasteiger partial charge is 0.234 e. The summed E-state index contributed by atoms with van der Waals surface area (Å²) < 4.78 is 5.39. The lowest BCUT2D eigenvalue weighted by atomic mass is 10.1. The van der Waals surface area contributed by atoms with Crippen molar-refractivity contribution in [2.75, 3.05) is 13.2 Å². The highest BCUT2D eigenvalue weighted by Crippen LogP contribution is 2.02. The molecule has 0 saturated carbocycles. The van der Waals surface area contributed by atoms with Gasteiger partial charge in [0.15, 0.2) is 0 Å². The number of primary amides is 1. The summed E-state index contributed by atoms with van der Waals surface area (Å²) in [4.78, 5) is 10.6. The van der Waals surface area contributed by atoms with Crippen LogP contribution in [0.25, 0.3) is 0 Å². The zero-order valence-electron chi connectivity index (χ0n) is 9.97. The topological polar surface area (TPSA) is 78.3 Å². The number of nitrogens with two attached hydrogens (primary N) is 2. The van der Waals surface area contributed by atoms with Crippen molar-refractivity contribution in [1.82, 2.24) is 0 Å². The van der Waals surface area contributed by atoms with Crippen LogP contribution in [0.1, 0.15) is 18.4 Å². The summed E-state index contributed by atoms with van der Waals surface area (Å²) in [6, 6.07) is 9.67. The van der Waals surface area contributed by atoms with Crippen LogP contribution in [0.2, 0.25) is 0 Å². The highest BCUT2D eigenvalue weighted by atomic mass is 16.5. The number of amides is 1. The van der Waals surface area contributed by atoms with Gasteiger partial charge in [-0.2, -0.15) is 0 Å². The number of hydrogen-bond acceptors (Lipinski definition) is 3. The van der Waals surface area contributed by atoms with E-state index in [-0.39, 0.29) is 0 Å². The Bertz CT molecular complexity index is 327. The first-order valence-electron chi connectivity index (χ1n) is 5.86. The van der Waals surface area contributed by atoms with Crippen LogP contribution in [0.15, 0.2) is 30.3 Å². The van der Waals surface area contributed by atoms with Crippen LogP contribution < -0.4 is 11.5 Å². The lowest BCUT2D eigenvalue weighted by Gasteiger charge is -2.08. The van der Waals surface area contributed by atoms with E-state index in [2.05, 4.69) is 12.1 Å². The van der Waals surface area contributed by atoms with Crippen molar-refractivity contribution in [2.24, 2.45) is 11.5 Å². The van der Waals surface area contributed by atoms with E-state index in [1.54, 1.807) is 0 Å². The monoisotopic (exact) mass is 236 g/mol. The first-order valence-corrected chi connectivity index (χ1v) is 5.86. The molecule has 1 amide bonds. The molecule has 4 heteroatoms. The molecule has 1 unspecified atom stereocenters. The van der Waals surface area contributed by atoms with Gasteiger partial charge in [0.1, 0.15) is 0 Å². The van der Waals surface area contributed by atoms with Crippen LogP contribution in [0.4, 0.5) is 0 Å². The van der Waals surface area contributed by atoms with Gasteiger partial charge in [0.25, 0.3) is 0 Å². The van der Waals surface area contributed by atoms with Gasteiger partial charge in [-0.3, -0.25) is 4.79 Å². The summed E-state index contributed by atoms with van der Waals surface area (Å²) in [6.07, 6.45) is 2.46. The van der Waals surface area contributed by atoms with Gasteiger partial charge >= 0.3 is 0 Å². The molecule has 94 valence electrons. The molecule has 1 aromatic rings. The third-order valence-electron chi connectivity index (χ3n) is 2.54. The number of aryl methyl sites for hydroxylation is 1. The predicted octanol–water partition coefficient (Wildman–Crippen LogP) is 0.839. The standard InChI is InChI=1S/C13H20N2O2/c14-12(13(15)16)8-10-17-9-4-7-11-5-2-1-3-6-11/h1-3,5-6,12H,4,7-10,14H2,(H2,15,16). The van der Waals surface area contributed by atoms with Crippen molar-refractivity contribution in [3.05, 3.63) is 35.9 Å². The maximum atomic E-state index is 10.6. The molecule has 1 rings (SSSR count). The second-order valence-corrected chi connectivity index (χ2v) is 4.00. The number of hydrogen-bond donors (Lipinski definition) is 2. The molecule has 1 atom stereocenters. The highest BCUT2D eigenvalue weighted by molar-refractivity contribution is 5.79. The SMILES string of the molecule is NC(=O)C(N)CCOCCCc1ccccc1. The second kappa shape index (κ2) is 7.81. The van der Waals surface area contributed by atoms with Crippen molar-refractivity contribution in [3.63, 3.8) is 0 Å². The van der Waals surface area contributed by atoms with E-state index in [0.29, 0.717) is 19.6 Å². The van der Waals surface area contributed by atoms with E-state index >= 15 is 0 Å². The zero-order valence-corrected chi connectivity index (χ0v) is 9.97. The van der Waals surface area contributed by atoms with Gasteiger partial charge in [-0.15, -0.1) is 0 Å². The van der Waals surface area contributed by atoms with E-state index in [1.807, 2.05) is 18.2 Å². The van der Waals surface area contributed by atoms with Gasteiger partial charge in [-0.25, -0.2) is 0 Å². The molecule has 17 heavy (non-hydrogen) atoms. The second-order valence-electron chi connectivity index (χ2n) is 4.00. The molecular weight excluding hydrogens is 216 g/mol. The van der Waals surface area contributed by atoms with Crippen LogP contribution in [-0.4, -0.2) is 25.2 Å². The average Bonchev–Trinajstić information content (AvgIpc) is 2.34. The predicted molar refractivity (Wildman–Crippen MR) is 67.4 cm³/mol. The molecule has 0 bridgehead atoms. The molecule has 0 aliphatic carbocycles. The van der Waals surface area contributed by atoms with Gasteiger partial charge < -0.3 is 16.2 Å². The number of carbonyl (C=O) groups excluding carboxylic acids is 1. The first kappa shape index (κ1) is 13.7. The molecule has 4 N–H and O–H groups in total. The molecule has 0 spiro atoms. The number of benzene rings is 1. The normalized spacial score (nSPS) is 12.3. The number of ether oxygens (including phenoxy) is 1. The van der Waals surface area contributed by atoms with Crippen molar-refractivity contribution in [3.8, 4) is 0 Å². The van der Waals surface area contributed by atoms with Crippen molar-refractivity contribution in [1.29, 1.82) is 0 Å². The minimum absolute atomic E-state index is 0.474. The fourth-order valence-corrected chi connectivity index (χ4v) is 1.48. The van der Waals surface area contributed by atoms with E-state index in [9.17, 15) is 4.79 Å². The maximum absolute atomic E-state index is 10.6. The van der Waals surface area contributed by atoms with E-state index < -0.39 is 11.9 Å². The van der Waals surface area contributed by atoms with Gasteiger partial charge in [0.2, 0.25) is 5.91 Å². The summed E-state index contributed by atoms with van der Waals surface area (Å²) >= 11 is 0. The van der Waals surface area contributed by atoms with Crippen molar-refractivity contribution < 1.29 is 9.53 Å². The van der Waals surface area contributed by atoms with E-state index in [4.69, 9.17) is 16.2 Å². The minimum Gasteiger partial charge on any atom is -0.381 e. The molecule has 0 radical (unpaired) electrons. The quantitative estimate of drug-likeness (QED) is 0.656. The average molecular weight is 236 g/mol. The Hall–Kier alpha value is -1.39. The number of rotatable bonds is 8. The summed E-state index contributed by atoms with van der Waals surface area (Å²) in [5.74, 6) is -0.474. The molecule has 1 aromatic carbocycles. The fraction of sp³-hybridized carbons (Fsp3) is 0.462. The van der Waals surface area contributed by atoms with E-state index in [1.165, 1.54) is 5.56 Å². The van der Waals surface area contributed by atoms with Crippen LogP contribution in [-0.2, 0) is 16.0 Å². The third kappa shape index (κ3) is 6.04. The summed E-state index contributed by atoms with van der Waals surface area (Å²) in [7, 11) is 0. The molecule has 0 aliphatic heterocycles. The van der Waals surface area contributed by atoms with Crippen LogP contribution in [0.3, 0.4) is 0 Å². The first-order chi connectivity index (χ1) is 8.20. The number of carbonyl (C=O) groups is 1. The van der Waals surface area contributed by atoms with E-state index in [0.717, 1.165) is 12.8 Å². The van der Waals surface area contributed by atoms with Gasteiger partial charge in [-0.05, 0) is 24.8 Å². The molecule has 0 fully saturated rings. The Kier molecular flexibility index (Phi) is 6.29. The van der Waals surface area contributed by atoms with Crippen LogP contribution >= 0.6 is 0 Å². The third-order valence-corrected chi connectivity index (χ3v) is 2.54. The highest BCUT2D eigenvalue weighted by Gasteiger charge is 2.07. The van der Waals surface area contributed by atoms with Crippen LogP contribution in [0.5, 0.6) is 0 Å². The summed E-state index contributed by atoms with van der Waals surface area (Å²) in [6.45, 7) is 1.17. The Morgan fingerprint density at radius 1 is 1.24 bits per heavy atom. The fourth-order valence-electron chi connectivity index (χ4n) is 1.48. The molecule has 0 heterocycles. The molecular formula is C13H20N2O2. The largest absolute Gasteiger partial charge is 0.381 e.